The van der Waals surface area contributed by atoms with Crippen molar-refractivity contribution in [3.05, 3.63) is 16.7 Å². The zero-order valence-corrected chi connectivity index (χ0v) is 12.8. The standard InChI is InChI=1S/C13H18ClN3OS/c1-8(2)6-13(3,18)7-15-11-10-9(4-5-19-10)16-12(14)17-11/h4-5,8,18H,6-7H2,1-3H3,(H,15,16,17). The number of aromatic nitrogens is 2. The summed E-state index contributed by atoms with van der Waals surface area (Å²) >= 11 is 7.45. The minimum Gasteiger partial charge on any atom is -0.388 e. The number of anilines is 1. The van der Waals surface area contributed by atoms with E-state index in [9.17, 15) is 5.11 Å². The van der Waals surface area contributed by atoms with Gasteiger partial charge in [-0.15, -0.1) is 11.3 Å². The van der Waals surface area contributed by atoms with Crippen LogP contribution in [0.3, 0.4) is 0 Å². The summed E-state index contributed by atoms with van der Waals surface area (Å²) in [5, 5.41) is 15.7. The lowest BCUT2D eigenvalue weighted by Crippen LogP contribution is -2.35. The van der Waals surface area contributed by atoms with Crippen LogP contribution in [0.2, 0.25) is 5.28 Å². The Morgan fingerprint density at radius 1 is 1.47 bits per heavy atom. The third-order valence-corrected chi connectivity index (χ3v) is 3.84. The highest BCUT2D eigenvalue weighted by molar-refractivity contribution is 7.17. The van der Waals surface area contributed by atoms with Crippen LogP contribution in [0.4, 0.5) is 5.82 Å². The summed E-state index contributed by atoms with van der Waals surface area (Å²) in [7, 11) is 0. The van der Waals surface area contributed by atoms with Crippen molar-refractivity contribution < 1.29 is 5.11 Å². The second-order valence-electron chi connectivity index (χ2n) is 5.42. The number of fused-ring (bicyclic) bond motifs is 1. The molecule has 2 aromatic rings. The zero-order valence-electron chi connectivity index (χ0n) is 11.3. The average molecular weight is 300 g/mol. The number of hydrogen-bond donors (Lipinski definition) is 2. The summed E-state index contributed by atoms with van der Waals surface area (Å²) in [4.78, 5) is 8.35. The van der Waals surface area contributed by atoms with Crippen molar-refractivity contribution in [3.8, 4) is 0 Å². The average Bonchev–Trinajstić information content (AvgIpc) is 2.71. The van der Waals surface area contributed by atoms with Gasteiger partial charge in [0.25, 0.3) is 0 Å². The van der Waals surface area contributed by atoms with E-state index in [0.29, 0.717) is 18.3 Å². The van der Waals surface area contributed by atoms with Crippen molar-refractivity contribution in [2.45, 2.75) is 32.8 Å². The maximum atomic E-state index is 10.3. The van der Waals surface area contributed by atoms with Crippen LogP contribution in [0, 0.1) is 5.92 Å². The molecule has 1 unspecified atom stereocenters. The molecule has 0 saturated carbocycles. The fourth-order valence-corrected chi connectivity index (χ4v) is 3.15. The third-order valence-electron chi connectivity index (χ3n) is 2.76. The summed E-state index contributed by atoms with van der Waals surface area (Å²) in [6, 6.07) is 1.91. The molecule has 0 aromatic carbocycles. The minimum absolute atomic E-state index is 0.219. The molecule has 104 valence electrons. The maximum Gasteiger partial charge on any atom is 0.224 e. The number of aliphatic hydroxyl groups is 1. The smallest absolute Gasteiger partial charge is 0.224 e. The fraction of sp³-hybridized carbons (Fsp3) is 0.538. The molecule has 0 radical (unpaired) electrons. The number of nitrogens with one attached hydrogen (secondary N) is 1. The first-order chi connectivity index (χ1) is 8.87. The van der Waals surface area contributed by atoms with Gasteiger partial charge < -0.3 is 10.4 Å². The predicted molar refractivity (Wildman–Crippen MR) is 81.0 cm³/mol. The lowest BCUT2D eigenvalue weighted by molar-refractivity contribution is 0.0515. The highest BCUT2D eigenvalue weighted by Gasteiger charge is 2.22. The van der Waals surface area contributed by atoms with Crippen molar-refractivity contribution in [2.24, 2.45) is 5.92 Å². The third kappa shape index (κ3) is 3.78. The molecule has 0 saturated heterocycles. The Balaban J connectivity index is 2.15. The molecule has 2 heterocycles. The molecular formula is C13H18ClN3OS. The Morgan fingerprint density at radius 3 is 2.89 bits per heavy atom. The topological polar surface area (TPSA) is 58.0 Å². The van der Waals surface area contributed by atoms with Gasteiger partial charge in [-0.2, -0.15) is 4.98 Å². The Bertz CT molecular complexity index is 568. The van der Waals surface area contributed by atoms with Crippen LogP contribution >= 0.6 is 22.9 Å². The molecule has 2 aromatic heterocycles. The fourth-order valence-electron chi connectivity index (χ4n) is 2.18. The molecule has 1 atom stereocenters. The van der Waals surface area contributed by atoms with Crippen LogP contribution in [0.25, 0.3) is 10.2 Å². The maximum absolute atomic E-state index is 10.3. The van der Waals surface area contributed by atoms with E-state index >= 15 is 0 Å². The van der Waals surface area contributed by atoms with Gasteiger partial charge in [-0.1, -0.05) is 13.8 Å². The van der Waals surface area contributed by atoms with E-state index in [1.165, 1.54) is 0 Å². The van der Waals surface area contributed by atoms with Crippen molar-refractivity contribution in [3.63, 3.8) is 0 Å². The Labute approximate surface area is 121 Å². The molecule has 2 rings (SSSR count). The van der Waals surface area contributed by atoms with Gasteiger partial charge in [0.2, 0.25) is 5.28 Å². The van der Waals surface area contributed by atoms with E-state index in [2.05, 4.69) is 29.1 Å². The van der Waals surface area contributed by atoms with Crippen molar-refractivity contribution >= 4 is 39.0 Å². The molecule has 0 bridgehead atoms. The first-order valence-electron chi connectivity index (χ1n) is 6.24. The van der Waals surface area contributed by atoms with E-state index < -0.39 is 5.60 Å². The molecule has 2 N–H and O–H groups in total. The second-order valence-corrected chi connectivity index (χ2v) is 6.68. The Hall–Kier alpha value is -0.910. The van der Waals surface area contributed by atoms with Crippen LogP contribution in [0.5, 0.6) is 0 Å². The van der Waals surface area contributed by atoms with Gasteiger partial charge in [-0.05, 0) is 42.3 Å². The van der Waals surface area contributed by atoms with Crippen LogP contribution < -0.4 is 5.32 Å². The minimum atomic E-state index is -0.769. The van der Waals surface area contributed by atoms with Gasteiger partial charge in [0, 0.05) is 6.54 Å². The zero-order chi connectivity index (χ0) is 14.0. The highest BCUT2D eigenvalue weighted by Crippen LogP contribution is 2.28. The summed E-state index contributed by atoms with van der Waals surface area (Å²) in [5.74, 6) is 1.13. The molecule has 0 amide bonds. The van der Waals surface area contributed by atoms with E-state index in [1.807, 2.05) is 18.4 Å². The number of thiophene rings is 1. The van der Waals surface area contributed by atoms with Crippen LogP contribution in [0.15, 0.2) is 11.4 Å². The van der Waals surface area contributed by atoms with Crippen molar-refractivity contribution in [1.82, 2.24) is 9.97 Å². The summed E-state index contributed by atoms with van der Waals surface area (Å²) in [6.07, 6.45) is 0.729. The van der Waals surface area contributed by atoms with Gasteiger partial charge >= 0.3 is 0 Å². The normalized spacial score (nSPS) is 14.8. The van der Waals surface area contributed by atoms with Crippen molar-refractivity contribution in [2.75, 3.05) is 11.9 Å². The molecule has 0 aliphatic carbocycles. The SMILES string of the molecule is CC(C)CC(C)(O)CNc1nc(Cl)nc2ccsc12. The number of rotatable bonds is 5. The van der Waals surface area contributed by atoms with Gasteiger partial charge in [-0.3, -0.25) is 0 Å². The molecule has 4 nitrogen and oxygen atoms in total. The molecule has 0 spiro atoms. The highest BCUT2D eigenvalue weighted by atomic mass is 35.5. The van der Waals surface area contributed by atoms with Gasteiger partial charge in [0.15, 0.2) is 0 Å². The summed E-state index contributed by atoms with van der Waals surface area (Å²) in [6.45, 7) is 6.45. The largest absolute Gasteiger partial charge is 0.388 e. The van der Waals surface area contributed by atoms with Crippen molar-refractivity contribution in [1.29, 1.82) is 0 Å². The quantitative estimate of drug-likeness (QED) is 0.829. The van der Waals surface area contributed by atoms with Crippen LogP contribution in [0.1, 0.15) is 27.2 Å². The molecule has 0 fully saturated rings. The first-order valence-corrected chi connectivity index (χ1v) is 7.50. The van der Waals surface area contributed by atoms with Crippen LogP contribution in [-0.4, -0.2) is 27.2 Å². The Kier molecular flexibility index (Phi) is 4.28. The van der Waals surface area contributed by atoms with Gasteiger partial charge in [0.1, 0.15) is 5.82 Å². The monoisotopic (exact) mass is 299 g/mol. The number of hydrogen-bond acceptors (Lipinski definition) is 5. The van der Waals surface area contributed by atoms with E-state index in [-0.39, 0.29) is 5.28 Å². The lowest BCUT2D eigenvalue weighted by Gasteiger charge is -2.25. The van der Waals surface area contributed by atoms with Crippen LogP contribution in [-0.2, 0) is 0 Å². The molecule has 0 aliphatic heterocycles. The number of halogens is 1. The van der Waals surface area contributed by atoms with Gasteiger partial charge in [0.05, 0.1) is 15.8 Å². The van der Waals surface area contributed by atoms with E-state index in [0.717, 1.165) is 16.6 Å². The lowest BCUT2D eigenvalue weighted by atomic mass is 9.94. The van der Waals surface area contributed by atoms with Gasteiger partial charge in [-0.25, -0.2) is 4.98 Å². The molecule has 0 aliphatic rings. The van der Waals surface area contributed by atoms with E-state index in [1.54, 1.807) is 11.3 Å². The molecule has 19 heavy (non-hydrogen) atoms. The van der Waals surface area contributed by atoms with E-state index in [4.69, 9.17) is 11.6 Å². The summed E-state index contributed by atoms with van der Waals surface area (Å²) < 4.78 is 0.963. The molecular weight excluding hydrogens is 282 g/mol. The summed E-state index contributed by atoms with van der Waals surface area (Å²) in [5.41, 5.74) is 0.0610. The molecule has 6 heteroatoms. The Morgan fingerprint density at radius 2 is 2.21 bits per heavy atom. The number of nitrogens with zero attached hydrogens (tertiary/aromatic N) is 2. The first kappa shape index (κ1) is 14.5. The predicted octanol–water partition coefficient (Wildman–Crippen LogP) is 3.55. The second kappa shape index (κ2) is 5.61.